The highest BCUT2D eigenvalue weighted by Crippen LogP contribution is 2.10. The van der Waals surface area contributed by atoms with Crippen molar-refractivity contribution in [3.63, 3.8) is 0 Å². The minimum atomic E-state index is 1.19. The molecule has 0 radical (unpaired) electrons. The minimum Gasteiger partial charge on any atom is -0.117 e. The van der Waals surface area contributed by atoms with Crippen molar-refractivity contribution in [2.24, 2.45) is 0 Å². The summed E-state index contributed by atoms with van der Waals surface area (Å²) in [4.78, 5) is 0. The third-order valence-corrected chi connectivity index (χ3v) is 2.00. The van der Waals surface area contributed by atoms with Gasteiger partial charge in [0, 0.05) is 0 Å². The molecule has 2 nitrogen and oxygen atoms in total. The summed E-state index contributed by atoms with van der Waals surface area (Å²) in [6.07, 6.45) is 2.66. The van der Waals surface area contributed by atoms with Crippen molar-refractivity contribution in [2.45, 2.75) is 12.8 Å². The van der Waals surface area contributed by atoms with E-state index >= 15 is 0 Å². The molecule has 1 heterocycles. The molecule has 0 aromatic carbocycles. The van der Waals surface area contributed by atoms with Crippen LogP contribution in [-0.2, 0) is 0 Å². The number of hydrazine groups is 1. The molecule has 1 atom stereocenters. The van der Waals surface area contributed by atoms with Crippen LogP contribution in [0.1, 0.15) is 12.8 Å². The van der Waals surface area contributed by atoms with E-state index < -0.39 is 0 Å². The van der Waals surface area contributed by atoms with E-state index in [0.29, 0.717) is 0 Å². The summed E-state index contributed by atoms with van der Waals surface area (Å²) in [5, 5.41) is 2.24. The van der Waals surface area contributed by atoms with Gasteiger partial charge in [-0.15, -0.1) is 4.21 Å². The molecule has 4 heteroatoms. The van der Waals surface area contributed by atoms with Gasteiger partial charge in [0.05, 0.1) is 13.1 Å². The van der Waals surface area contributed by atoms with Crippen LogP contribution in [0.25, 0.3) is 0 Å². The predicted octanol–water partition coefficient (Wildman–Crippen LogP) is 1.13. The topological polar surface area (TPSA) is 6.25 Å². The van der Waals surface area contributed by atoms with Gasteiger partial charge < -0.3 is 0 Å². The maximum absolute atomic E-state index is 3.37. The summed E-state index contributed by atoms with van der Waals surface area (Å²) in [5.41, 5.74) is 0. The van der Waals surface area contributed by atoms with Crippen LogP contribution in [0.2, 0.25) is 0 Å². The molecule has 1 rings (SSSR count). The molecule has 0 aliphatic carbocycles. The van der Waals surface area contributed by atoms with Crippen molar-refractivity contribution in [1.29, 1.82) is 0 Å². The first-order chi connectivity index (χ1) is 3.80. The molecule has 1 aliphatic heterocycles. The average molecular weight is 149 g/mol. The van der Waals surface area contributed by atoms with Crippen LogP contribution in [0, 0.1) is 0 Å². The Morgan fingerprint density at radius 2 is 1.88 bits per heavy atom. The zero-order valence-corrected chi connectivity index (χ0v) is 6.95. The van der Waals surface area contributed by atoms with Gasteiger partial charge in [-0.2, -0.15) is 0 Å². The van der Waals surface area contributed by atoms with Crippen LogP contribution in [0.4, 0.5) is 0 Å². The largest absolute Gasteiger partial charge is 0.216 e. The summed E-state index contributed by atoms with van der Waals surface area (Å²) in [7, 11) is 5.95. The van der Waals surface area contributed by atoms with E-state index in [1.54, 1.807) is 0 Å². The normalized spacial score (nSPS) is 21.6. The van der Waals surface area contributed by atoms with Crippen LogP contribution in [-0.4, -0.2) is 22.3 Å². The lowest BCUT2D eigenvalue weighted by Gasteiger charge is -2.03. The molecule has 0 spiro atoms. The van der Waals surface area contributed by atoms with Crippen molar-refractivity contribution in [2.75, 3.05) is 13.1 Å². The van der Waals surface area contributed by atoms with E-state index in [2.05, 4.69) is 23.4 Å². The summed E-state index contributed by atoms with van der Waals surface area (Å²) < 4.78 is 1.90. The predicted molar refractivity (Wildman–Crippen MR) is 39.1 cm³/mol. The van der Waals surface area contributed by atoms with Crippen LogP contribution in [0.3, 0.4) is 0 Å². The highest BCUT2D eigenvalue weighted by atomic mass is 31.1. The third-order valence-electron chi connectivity index (χ3n) is 1.39. The molecule has 0 amide bonds. The smallest absolute Gasteiger partial charge is 0.117 e. The first-order valence-electron chi connectivity index (χ1n) is 2.81. The Morgan fingerprint density at radius 3 is 2.12 bits per heavy atom. The van der Waals surface area contributed by atoms with Gasteiger partial charge in [0.1, 0.15) is 0 Å². The Balaban J connectivity index is 2.35. The van der Waals surface area contributed by atoms with Gasteiger partial charge in [-0.1, -0.05) is 5.01 Å². The Bertz CT molecular complexity index is 98.2. The van der Waals surface area contributed by atoms with Crippen molar-refractivity contribution < 1.29 is 4.21 Å². The lowest BCUT2D eigenvalue weighted by atomic mass is 10.4. The first kappa shape index (κ1) is 6.61. The maximum Gasteiger partial charge on any atom is 0.216 e. The fraction of sp³-hybridized carbons (Fsp3) is 1.00. The molecule has 0 aromatic rings. The Morgan fingerprint density at radius 1 is 1.38 bits per heavy atom. The summed E-state index contributed by atoms with van der Waals surface area (Å²) in [5.74, 6) is 0. The van der Waals surface area contributed by atoms with Crippen molar-refractivity contribution in [1.82, 2.24) is 5.01 Å². The van der Waals surface area contributed by atoms with Crippen LogP contribution >= 0.6 is 18.4 Å². The van der Waals surface area contributed by atoms with Gasteiger partial charge in [-0.05, 0) is 12.8 Å². The van der Waals surface area contributed by atoms with Crippen LogP contribution in [0.15, 0.2) is 0 Å². The van der Waals surface area contributed by atoms with E-state index in [4.69, 9.17) is 0 Å². The Kier molecular flexibility index (Phi) is 2.37. The molecule has 1 saturated heterocycles. The van der Waals surface area contributed by atoms with Crippen LogP contribution < -0.4 is 0 Å². The average Bonchev–Trinajstić information content (AvgIpc) is 2.12. The van der Waals surface area contributed by atoms with Gasteiger partial charge in [0.2, 0.25) is 9.03 Å². The quantitative estimate of drug-likeness (QED) is 0.506. The molecule has 0 saturated carbocycles. The molecule has 0 bridgehead atoms. The highest BCUT2D eigenvalue weighted by Gasteiger charge is 2.16. The van der Waals surface area contributed by atoms with Gasteiger partial charge in [0.25, 0.3) is 0 Å². The summed E-state index contributed by atoms with van der Waals surface area (Å²) in [6.45, 7) is 2.38. The second-order valence-corrected chi connectivity index (χ2v) is 3.47. The van der Waals surface area contributed by atoms with Gasteiger partial charge in [0.15, 0.2) is 9.39 Å². The fourth-order valence-electron chi connectivity index (χ4n) is 0.916. The zero-order valence-electron chi connectivity index (χ0n) is 4.80. The lowest BCUT2D eigenvalue weighted by molar-refractivity contribution is -0.526. The second-order valence-electron chi connectivity index (χ2n) is 2.01. The van der Waals surface area contributed by atoms with Crippen molar-refractivity contribution in [3.8, 4) is 0 Å². The standard InChI is InChI=1S/C4H11N2P2/c7-6(8)5-3-1-2-4-5/h7H,1-4,8H2/q+1. The molecule has 8 heavy (non-hydrogen) atoms. The van der Waals surface area contributed by atoms with Gasteiger partial charge in [-0.3, -0.25) is 0 Å². The molecular weight excluding hydrogens is 138 g/mol. The van der Waals surface area contributed by atoms with E-state index in [1.165, 1.54) is 25.9 Å². The van der Waals surface area contributed by atoms with Crippen molar-refractivity contribution in [3.05, 3.63) is 0 Å². The summed E-state index contributed by atoms with van der Waals surface area (Å²) in [6, 6.07) is 0. The highest BCUT2D eigenvalue weighted by molar-refractivity contribution is 7.15. The number of nitrogens with zero attached hydrogens (tertiary/aromatic N) is 2. The Hall–Kier alpha value is 0.490. The van der Waals surface area contributed by atoms with Gasteiger partial charge >= 0.3 is 0 Å². The molecule has 0 N–H and O–H groups in total. The van der Waals surface area contributed by atoms with Crippen molar-refractivity contribution >= 4 is 18.4 Å². The molecule has 46 valence electrons. The minimum absolute atomic E-state index is 1.19. The van der Waals surface area contributed by atoms with E-state index in [0.717, 1.165) is 0 Å². The van der Waals surface area contributed by atoms with E-state index in [-0.39, 0.29) is 0 Å². The second kappa shape index (κ2) is 2.87. The van der Waals surface area contributed by atoms with Crippen LogP contribution in [0.5, 0.6) is 0 Å². The number of rotatable bonds is 1. The molecule has 1 aliphatic rings. The molecule has 0 aromatic heterocycles. The monoisotopic (exact) mass is 149 g/mol. The number of hydrogen-bond donors (Lipinski definition) is 0. The molecule has 1 fully saturated rings. The molecule has 1 unspecified atom stereocenters. The lowest BCUT2D eigenvalue weighted by Crippen LogP contribution is -2.21. The van der Waals surface area contributed by atoms with Gasteiger partial charge in [-0.25, -0.2) is 0 Å². The third kappa shape index (κ3) is 1.48. The number of hydrogen-bond acceptors (Lipinski definition) is 0. The van der Waals surface area contributed by atoms with E-state index in [1.807, 2.05) is 4.21 Å². The molecular formula is C4H11N2P2+. The summed E-state index contributed by atoms with van der Waals surface area (Å²) >= 11 is 0. The Labute approximate surface area is 54.4 Å². The van der Waals surface area contributed by atoms with E-state index in [9.17, 15) is 0 Å². The SMILES string of the molecule is P=[N+](P)N1CCCC1. The maximum atomic E-state index is 3.37. The zero-order chi connectivity index (χ0) is 5.98. The first-order valence-corrected chi connectivity index (χ1v) is 3.78. The fourth-order valence-corrected chi connectivity index (χ4v) is 1.35.